The number of rotatable bonds is 4. The van der Waals surface area contributed by atoms with Gasteiger partial charge in [0.25, 0.3) is 0 Å². The molecule has 0 spiro atoms. The van der Waals surface area contributed by atoms with Gasteiger partial charge in [-0.1, -0.05) is 26.0 Å². The minimum absolute atomic E-state index is 0.448. The maximum Gasteiger partial charge on any atom is 0.225 e. The third kappa shape index (κ3) is 3.32. The molecule has 19 heavy (non-hydrogen) atoms. The van der Waals surface area contributed by atoms with Gasteiger partial charge in [0.2, 0.25) is 5.88 Å². The number of aromatic nitrogens is 1. The van der Waals surface area contributed by atoms with Crippen LogP contribution in [0.15, 0.2) is 42.6 Å². The Hall–Kier alpha value is -1.87. The van der Waals surface area contributed by atoms with E-state index in [9.17, 15) is 5.11 Å². The smallest absolute Gasteiger partial charge is 0.225 e. The lowest BCUT2D eigenvalue weighted by Gasteiger charge is -2.13. The normalized spacial score (nSPS) is 12.5. The topological polar surface area (TPSA) is 42.4 Å². The summed E-state index contributed by atoms with van der Waals surface area (Å²) in [5.41, 5.74) is 1.91. The molecule has 0 saturated carbocycles. The molecule has 1 heterocycles. The Labute approximate surface area is 113 Å². The molecule has 2 rings (SSSR count). The van der Waals surface area contributed by atoms with E-state index in [0.29, 0.717) is 17.4 Å². The minimum atomic E-state index is -0.600. The van der Waals surface area contributed by atoms with E-state index in [4.69, 9.17) is 4.74 Å². The molecule has 3 nitrogen and oxygen atoms in total. The van der Waals surface area contributed by atoms with Crippen molar-refractivity contribution in [1.29, 1.82) is 0 Å². The van der Waals surface area contributed by atoms with E-state index in [1.165, 1.54) is 5.56 Å². The highest BCUT2D eigenvalue weighted by Crippen LogP contribution is 2.28. The molecule has 1 N–H and O–H groups in total. The molecule has 3 heteroatoms. The van der Waals surface area contributed by atoms with Crippen LogP contribution in [0.2, 0.25) is 0 Å². The number of aliphatic hydroxyl groups is 1. The van der Waals surface area contributed by atoms with E-state index < -0.39 is 6.10 Å². The lowest BCUT2D eigenvalue weighted by Crippen LogP contribution is -1.98. The van der Waals surface area contributed by atoms with Crippen molar-refractivity contribution in [1.82, 2.24) is 4.98 Å². The van der Waals surface area contributed by atoms with E-state index in [0.717, 1.165) is 5.75 Å². The summed E-state index contributed by atoms with van der Waals surface area (Å²) in [5, 5.41) is 9.71. The molecule has 0 aliphatic rings. The molecule has 0 radical (unpaired) electrons. The van der Waals surface area contributed by atoms with Gasteiger partial charge in [-0.05, 0) is 42.7 Å². The summed E-state index contributed by atoms with van der Waals surface area (Å²) < 4.78 is 5.79. The van der Waals surface area contributed by atoms with Crippen LogP contribution in [0.3, 0.4) is 0 Å². The fourth-order valence-corrected chi connectivity index (χ4v) is 1.86. The molecule has 0 amide bonds. The predicted molar refractivity (Wildman–Crippen MR) is 75.5 cm³/mol. The molecule has 0 aliphatic heterocycles. The van der Waals surface area contributed by atoms with Gasteiger partial charge < -0.3 is 9.84 Å². The predicted octanol–water partition coefficient (Wildman–Crippen LogP) is 4.05. The van der Waals surface area contributed by atoms with Crippen LogP contribution in [-0.2, 0) is 0 Å². The highest BCUT2D eigenvalue weighted by Gasteiger charge is 2.11. The molecule has 0 aliphatic carbocycles. The Morgan fingerprint density at radius 1 is 1.11 bits per heavy atom. The van der Waals surface area contributed by atoms with Gasteiger partial charge in [-0.15, -0.1) is 0 Å². The summed E-state index contributed by atoms with van der Waals surface area (Å²) in [5.74, 6) is 1.65. The first kappa shape index (κ1) is 13.6. The molecular formula is C16H19NO2. The van der Waals surface area contributed by atoms with E-state index in [1.54, 1.807) is 19.2 Å². The second kappa shape index (κ2) is 5.85. The van der Waals surface area contributed by atoms with Crippen LogP contribution in [0.25, 0.3) is 0 Å². The Morgan fingerprint density at radius 3 is 2.58 bits per heavy atom. The summed E-state index contributed by atoms with van der Waals surface area (Å²) in [7, 11) is 0. The summed E-state index contributed by atoms with van der Waals surface area (Å²) in [6.45, 7) is 5.98. The monoisotopic (exact) mass is 257 g/mol. The van der Waals surface area contributed by atoms with Crippen LogP contribution in [-0.4, -0.2) is 10.1 Å². The zero-order chi connectivity index (χ0) is 13.8. The van der Waals surface area contributed by atoms with Crippen molar-refractivity contribution in [3.63, 3.8) is 0 Å². The van der Waals surface area contributed by atoms with E-state index in [-0.39, 0.29) is 0 Å². The summed E-state index contributed by atoms with van der Waals surface area (Å²) in [6.07, 6.45) is 1.06. The quantitative estimate of drug-likeness (QED) is 0.898. The highest BCUT2D eigenvalue weighted by atomic mass is 16.5. The number of aliphatic hydroxyl groups excluding tert-OH is 1. The molecule has 1 aromatic carbocycles. The van der Waals surface area contributed by atoms with E-state index in [2.05, 4.69) is 24.9 Å². The Balaban J connectivity index is 2.29. The van der Waals surface area contributed by atoms with Crippen molar-refractivity contribution in [2.75, 3.05) is 0 Å². The molecule has 0 unspecified atom stereocenters. The first-order valence-electron chi connectivity index (χ1n) is 6.48. The van der Waals surface area contributed by atoms with Crippen LogP contribution in [0, 0.1) is 0 Å². The van der Waals surface area contributed by atoms with Crippen LogP contribution in [0.4, 0.5) is 0 Å². The van der Waals surface area contributed by atoms with E-state index in [1.807, 2.05) is 24.3 Å². The second-order valence-corrected chi connectivity index (χ2v) is 4.90. The molecule has 0 saturated heterocycles. The number of ether oxygens (including phenoxy) is 1. The van der Waals surface area contributed by atoms with Gasteiger partial charge in [0.05, 0.1) is 6.10 Å². The van der Waals surface area contributed by atoms with Crippen molar-refractivity contribution in [3.8, 4) is 11.6 Å². The Kier molecular flexibility index (Phi) is 4.17. The molecule has 100 valence electrons. The van der Waals surface area contributed by atoms with Gasteiger partial charge in [-0.3, -0.25) is 0 Å². The van der Waals surface area contributed by atoms with Crippen molar-refractivity contribution < 1.29 is 9.84 Å². The fraction of sp³-hybridized carbons (Fsp3) is 0.312. The number of nitrogens with zero attached hydrogens (tertiary/aromatic N) is 1. The molecular weight excluding hydrogens is 238 g/mol. The summed E-state index contributed by atoms with van der Waals surface area (Å²) in [6, 6.07) is 11.6. The standard InChI is InChI=1S/C16H19NO2/c1-11(2)13-6-4-7-14(10-13)19-16-15(12(3)18)8-5-9-17-16/h4-12,18H,1-3H3/t12-/m0/s1. The van der Waals surface area contributed by atoms with Gasteiger partial charge in [-0.25, -0.2) is 4.98 Å². The van der Waals surface area contributed by atoms with Gasteiger partial charge >= 0.3 is 0 Å². The number of hydrogen-bond acceptors (Lipinski definition) is 3. The summed E-state index contributed by atoms with van der Waals surface area (Å²) in [4.78, 5) is 4.19. The van der Waals surface area contributed by atoms with Crippen molar-refractivity contribution >= 4 is 0 Å². The van der Waals surface area contributed by atoms with Gasteiger partial charge in [0.15, 0.2) is 0 Å². The number of benzene rings is 1. The van der Waals surface area contributed by atoms with Crippen LogP contribution < -0.4 is 4.74 Å². The average Bonchev–Trinajstić information content (AvgIpc) is 2.39. The fourth-order valence-electron chi connectivity index (χ4n) is 1.86. The van der Waals surface area contributed by atoms with Gasteiger partial charge in [0, 0.05) is 11.8 Å². The second-order valence-electron chi connectivity index (χ2n) is 4.90. The van der Waals surface area contributed by atoms with E-state index >= 15 is 0 Å². The lowest BCUT2D eigenvalue weighted by molar-refractivity contribution is 0.194. The lowest BCUT2D eigenvalue weighted by atomic mass is 10.0. The molecule has 1 atom stereocenters. The molecule has 2 aromatic rings. The highest BCUT2D eigenvalue weighted by molar-refractivity contribution is 5.36. The SMILES string of the molecule is CC(C)c1cccc(Oc2ncccc2[C@H](C)O)c1. The average molecular weight is 257 g/mol. The molecule has 0 fully saturated rings. The van der Waals surface area contributed by atoms with Crippen LogP contribution in [0.1, 0.15) is 43.9 Å². The first-order valence-corrected chi connectivity index (χ1v) is 6.48. The molecule has 0 bridgehead atoms. The third-order valence-corrected chi connectivity index (χ3v) is 2.99. The van der Waals surface area contributed by atoms with Gasteiger partial charge in [-0.2, -0.15) is 0 Å². The third-order valence-electron chi connectivity index (χ3n) is 2.99. The van der Waals surface area contributed by atoms with Crippen molar-refractivity contribution in [2.45, 2.75) is 32.8 Å². The van der Waals surface area contributed by atoms with Crippen LogP contribution >= 0.6 is 0 Å². The van der Waals surface area contributed by atoms with Gasteiger partial charge in [0.1, 0.15) is 5.75 Å². The Morgan fingerprint density at radius 2 is 1.89 bits per heavy atom. The number of pyridine rings is 1. The van der Waals surface area contributed by atoms with Crippen LogP contribution in [0.5, 0.6) is 11.6 Å². The first-order chi connectivity index (χ1) is 9.08. The number of hydrogen-bond donors (Lipinski definition) is 1. The van der Waals surface area contributed by atoms with Crippen molar-refractivity contribution in [2.24, 2.45) is 0 Å². The maximum absolute atomic E-state index is 9.71. The summed E-state index contributed by atoms with van der Waals surface area (Å²) >= 11 is 0. The molecule has 1 aromatic heterocycles. The Bertz CT molecular complexity index is 550. The largest absolute Gasteiger partial charge is 0.439 e. The zero-order valence-electron chi connectivity index (χ0n) is 11.5. The zero-order valence-corrected chi connectivity index (χ0v) is 11.5. The minimum Gasteiger partial charge on any atom is -0.439 e. The van der Waals surface area contributed by atoms with Crippen molar-refractivity contribution in [3.05, 3.63) is 53.7 Å². The maximum atomic E-state index is 9.71.